The number of hydrogen-bond acceptors (Lipinski definition) is 2. The SMILES string of the molecule is NCCc1c[nH]c2ccc(-c3cccc4c3oc3ccccc34)cc12. The number of fused-ring (bicyclic) bond motifs is 4. The Morgan fingerprint density at radius 1 is 0.880 bits per heavy atom. The minimum absolute atomic E-state index is 0.649. The van der Waals surface area contributed by atoms with Crippen molar-refractivity contribution in [1.82, 2.24) is 4.98 Å². The molecule has 3 N–H and O–H groups in total. The van der Waals surface area contributed by atoms with Gasteiger partial charge in [-0.1, -0.05) is 42.5 Å². The van der Waals surface area contributed by atoms with E-state index in [2.05, 4.69) is 59.7 Å². The van der Waals surface area contributed by atoms with Crippen LogP contribution in [0.25, 0.3) is 44.0 Å². The van der Waals surface area contributed by atoms with Gasteiger partial charge >= 0.3 is 0 Å². The van der Waals surface area contributed by atoms with Gasteiger partial charge in [-0.05, 0) is 42.3 Å². The van der Waals surface area contributed by atoms with Gasteiger partial charge in [0.05, 0.1) is 0 Å². The van der Waals surface area contributed by atoms with Crippen LogP contribution < -0.4 is 5.73 Å². The highest BCUT2D eigenvalue weighted by molar-refractivity contribution is 6.09. The molecular weight excluding hydrogens is 308 g/mol. The number of benzene rings is 3. The molecule has 2 aromatic heterocycles. The number of H-pyrrole nitrogens is 1. The number of furan rings is 1. The Bertz CT molecular complexity index is 1210. The number of hydrogen-bond donors (Lipinski definition) is 2. The van der Waals surface area contributed by atoms with Crippen molar-refractivity contribution in [2.45, 2.75) is 6.42 Å². The molecule has 0 aliphatic heterocycles. The molecule has 0 saturated carbocycles. The number of aromatic amines is 1. The minimum Gasteiger partial charge on any atom is -0.455 e. The zero-order valence-corrected chi connectivity index (χ0v) is 13.8. The second kappa shape index (κ2) is 5.50. The topological polar surface area (TPSA) is 55.0 Å². The Kier molecular flexibility index (Phi) is 3.15. The van der Waals surface area contributed by atoms with Crippen LogP contribution in [0.1, 0.15) is 5.56 Å². The van der Waals surface area contributed by atoms with Crippen LogP contribution in [0.2, 0.25) is 0 Å². The second-order valence-corrected chi connectivity index (χ2v) is 6.39. The van der Waals surface area contributed by atoms with Crippen LogP contribution in [-0.2, 0) is 6.42 Å². The molecule has 0 aliphatic rings. The van der Waals surface area contributed by atoms with Crippen LogP contribution in [0.5, 0.6) is 0 Å². The molecule has 3 nitrogen and oxygen atoms in total. The summed E-state index contributed by atoms with van der Waals surface area (Å²) < 4.78 is 6.18. The van der Waals surface area contributed by atoms with Crippen molar-refractivity contribution in [3.63, 3.8) is 0 Å². The van der Waals surface area contributed by atoms with Crippen molar-refractivity contribution in [2.75, 3.05) is 6.54 Å². The van der Waals surface area contributed by atoms with Crippen LogP contribution in [0.3, 0.4) is 0 Å². The molecular formula is C22H18N2O. The van der Waals surface area contributed by atoms with Crippen molar-refractivity contribution >= 4 is 32.8 Å². The molecule has 0 spiro atoms. The van der Waals surface area contributed by atoms with Gasteiger partial charge in [-0.2, -0.15) is 0 Å². The molecule has 0 amide bonds. The molecule has 3 heteroatoms. The molecule has 0 radical (unpaired) electrons. The zero-order valence-electron chi connectivity index (χ0n) is 13.8. The first-order chi connectivity index (χ1) is 12.3. The maximum atomic E-state index is 6.18. The van der Waals surface area contributed by atoms with Gasteiger partial charge in [0, 0.05) is 33.4 Å². The Labute approximate surface area is 145 Å². The van der Waals surface area contributed by atoms with E-state index in [-0.39, 0.29) is 0 Å². The molecule has 0 bridgehead atoms. The standard InChI is InChI=1S/C22H18N2O/c23-11-10-15-13-24-20-9-8-14(12-19(15)20)16-5-3-6-18-17-4-1-2-7-21(17)25-22(16)18/h1-9,12-13,24H,10-11,23H2. The third-order valence-electron chi connectivity index (χ3n) is 4.90. The van der Waals surface area contributed by atoms with Gasteiger partial charge in [0.25, 0.3) is 0 Å². The summed E-state index contributed by atoms with van der Waals surface area (Å²) in [6, 6.07) is 21.1. The highest BCUT2D eigenvalue weighted by Gasteiger charge is 2.13. The third-order valence-corrected chi connectivity index (χ3v) is 4.90. The molecule has 0 unspecified atom stereocenters. The van der Waals surface area contributed by atoms with Crippen molar-refractivity contribution in [1.29, 1.82) is 0 Å². The van der Waals surface area contributed by atoms with Crippen molar-refractivity contribution < 1.29 is 4.42 Å². The van der Waals surface area contributed by atoms with Gasteiger partial charge in [0.2, 0.25) is 0 Å². The molecule has 3 aromatic carbocycles. The summed E-state index contributed by atoms with van der Waals surface area (Å²) in [6.07, 6.45) is 2.93. The second-order valence-electron chi connectivity index (χ2n) is 6.39. The summed E-state index contributed by atoms with van der Waals surface area (Å²) in [5.74, 6) is 0. The quantitative estimate of drug-likeness (QED) is 0.476. The molecule has 0 fully saturated rings. The number of rotatable bonds is 3. The van der Waals surface area contributed by atoms with E-state index in [0.29, 0.717) is 6.54 Å². The van der Waals surface area contributed by atoms with Gasteiger partial charge in [-0.15, -0.1) is 0 Å². The highest BCUT2D eigenvalue weighted by Crippen LogP contribution is 2.36. The van der Waals surface area contributed by atoms with Gasteiger partial charge in [-0.3, -0.25) is 0 Å². The van der Waals surface area contributed by atoms with E-state index in [0.717, 1.165) is 45.0 Å². The van der Waals surface area contributed by atoms with E-state index in [9.17, 15) is 0 Å². The Hall–Kier alpha value is -3.04. The third kappa shape index (κ3) is 2.17. The predicted octanol–water partition coefficient (Wildman–Crippen LogP) is 5.24. The van der Waals surface area contributed by atoms with Gasteiger partial charge in [0.1, 0.15) is 11.2 Å². The van der Waals surface area contributed by atoms with Crippen molar-refractivity contribution in [3.8, 4) is 11.1 Å². The molecule has 0 aliphatic carbocycles. The van der Waals surface area contributed by atoms with E-state index in [1.165, 1.54) is 10.9 Å². The van der Waals surface area contributed by atoms with E-state index in [1.807, 2.05) is 12.1 Å². The predicted molar refractivity (Wildman–Crippen MR) is 104 cm³/mol. The maximum Gasteiger partial charge on any atom is 0.143 e. The largest absolute Gasteiger partial charge is 0.455 e. The lowest BCUT2D eigenvalue weighted by atomic mass is 9.99. The first-order valence-electron chi connectivity index (χ1n) is 8.56. The van der Waals surface area contributed by atoms with Crippen LogP contribution >= 0.6 is 0 Å². The zero-order chi connectivity index (χ0) is 16.8. The number of para-hydroxylation sites is 2. The summed E-state index contributed by atoms with van der Waals surface area (Å²) in [4.78, 5) is 3.33. The summed E-state index contributed by atoms with van der Waals surface area (Å²) in [5.41, 5.74) is 12.3. The van der Waals surface area contributed by atoms with Crippen LogP contribution in [0, 0.1) is 0 Å². The van der Waals surface area contributed by atoms with E-state index in [1.54, 1.807) is 0 Å². The number of aromatic nitrogens is 1. The lowest BCUT2D eigenvalue weighted by Gasteiger charge is -2.04. The normalized spacial score (nSPS) is 11.7. The molecule has 0 saturated heterocycles. The number of nitrogens with two attached hydrogens (primary N) is 1. The van der Waals surface area contributed by atoms with Crippen LogP contribution in [0.15, 0.2) is 71.3 Å². The Morgan fingerprint density at radius 3 is 2.68 bits per heavy atom. The lowest BCUT2D eigenvalue weighted by molar-refractivity contribution is 0.670. The number of nitrogens with one attached hydrogen (secondary N) is 1. The molecule has 122 valence electrons. The first kappa shape index (κ1) is 14.3. The summed E-state index contributed by atoms with van der Waals surface area (Å²) in [5, 5.41) is 3.55. The van der Waals surface area contributed by atoms with Crippen molar-refractivity contribution in [2.24, 2.45) is 5.73 Å². The van der Waals surface area contributed by atoms with Gasteiger partial charge < -0.3 is 15.1 Å². The smallest absolute Gasteiger partial charge is 0.143 e. The minimum atomic E-state index is 0.649. The average molecular weight is 326 g/mol. The highest BCUT2D eigenvalue weighted by atomic mass is 16.3. The average Bonchev–Trinajstić information content (AvgIpc) is 3.23. The molecule has 2 heterocycles. The van der Waals surface area contributed by atoms with Crippen LogP contribution in [-0.4, -0.2) is 11.5 Å². The molecule has 0 atom stereocenters. The summed E-state index contributed by atoms with van der Waals surface area (Å²) >= 11 is 0. The molecule has 5 rings (SSSR count). The Balaban J connectivity index is 1.77. The fraction of sp³-hybridized carbons (Fsp3) is 0.0909. The fourth-order valence-corrected chi connectivity index (χ4v) is 3.68. The van der Waals surface area contributed by atoms with Crippen molar-refractivity contribution in [3.05, 3.63) is 72.4 Å². The fourth-order valence-electron chi connectivity index (χ4n) is 3.68. The Morgan fingerprint density at radius 2 is 1.76 bits per heavy atom. The van der Waals surface area contributed by atoms with Gasteiger partial charge in [-0.25, -0.2) is 0 Å². The summed E-state index contributed by atoms with van der Waals surface area (Å²) in [6.45, 7) is 0.649. The molecule has 25 heavy (non-hydrogen) atoms. The first-order valence-corrected chi connectivity index (χ1v) is 8.56. The van der Waals surface area contributed by atoms with Gasteiger partial charge in [0.15, 0.2) is 0 Å². The van der Waals surface area contributed by atoms with Crippen LogP contribution in [0.4, 0.5) is 0 Å². The van der Waals surface area contributed by atoms with E-state index in [4.69, 9.17) is 10.2 Å². The van der Waals surface area contributed by atoms with E-state index < -0.39 is 0 Å². The summed E-state index contributed by atoms with van der Waals surface area (Å²) in [7, 11) is 0. The monoisotopic (exact) mass is 326 g/mol. The maximum absolute atomic E-state index is 6.18. The molecule has 5 aromatic rings. The lowest BCUT2D eigenvalue weighted by Crippen LogP contribution is -2.01. The van der Waals surface area contributed by atoms with E-state index >= 15 is 0 Å².